The van der Waals surface area contributed by atoms with Gasteiger partial charge in [-0.1, -0.05) is 37.7 Å². The van der Waals surface area contributed by atoms with E-state index in [0.717, 1.165) is 5.69 Å². The molecule has 2 heterocycles. The molecule has 1 aromatic heterocycles. The van der Waals surface area contributed by atoms with Crippen LogP contribution in [0.1, 0.15) is 13.8 Å². The Balaban J connectivity index is 1.48. The molecule has 39 heavy (non-hydrogen) atoms. The summed E-state index contributed by atoms with van der Waals surface area (Å²) in [6, 6.07) is 17.6. The Bertz CT molecular complexity index is 1630. The maximum absolute atomic E-state index is 13.2. The highest BCUT2D eigenvalue weighted by Gasteiger charge is 2.24. The van der Waals surface area contributed by atoms with E-state index in [1.807, 2.05) is 28.8 Å². The molecule has 0 aliphatic carbocycles. The van der Waals surface area contributed by atoms with Crippen LogP contribution in [0.15, 0.2) is 70.7 Å². The van der Waals surface area contributed by atoms with Crippen LogP contribution < -0.4 is 19.5 Å². The lowest BCUT2D eigenvalue weighted by molar-refractivity contribution is -0.113. The van der Waals surface area contributed by atoms with Crippen molar-refractivity contribution in [3.63, 3.8) is 0 Å². The molecule has 0 unspecified atom stereocenters. The molecule has 0 fully saturated rings. The van der Waals surface area contributed by atoms with E-state index in [4.69, 9.17) is 19.2 Å². The third-order valence-corrected chi connectivity index (χ3v) is 9.24. The first-order valence-electron chi connectivity index (χ1n) is 12.3. The summed E-state index contributed by atoms with van der Waals surface area (Å²) >= 11 is 1.24. The predicted octanol–water partition coefficient (Wildman–Crippen LogP) is 4.52. The Labute approximate surface area is 230 Å². The first-order chi connectivity index (χ1) is 18.8. The van der Waals surface area contributed by atoms with E-state index in [2.05, 4.69) is 5.32 Å². The van der Waals surface area contributed by atoms with Gasteiger partial charge >= 0.3 is 0 Å². The van der Waals surface area contributed by atoms with Crippen molar-refractivity contribution in [3.05, 3.63) is 60.7 Å². The van der Waals surface area contributed by atoms with Gasteiger partial charge in [-0.2, -0.15) is 4.31 Å². The van der Waals surface area contributed by atoms with Crippen molar-refractivity contribution in [1.29, 1.82) is 0 Å². The van der Waals surface area contributed by atoms with Gasteiger partial charge in [-0.15, -0.1) is 0 Å². The SMILES string of the molecule is CCN(CC)S(=O)(=O)c1ccc2c(c1)nc(SCC(=O)Nc1ccc3c(c1)OCO3)n2-c1ccccc1OC. The van der Waals surface area contributed by atoms with Crippen molar-refractivity contribution in [3.8, 4) is 22.9 Å². The van der Waals surface area contributed by atoms with Crippen LogP contribution in [0.4, 0.5) is 5.69 Å². The van der Waals surface area contributed by atoms with Crippen molar-refractivity contribution in [2.24, 2.45) is 0 Å². The molecule has 1 N–H and O–H groups in total. The summed E-state index contributed by atoms with van der Waals surface area (Å²) in [6.07, 6.45) is 0. The Morgan fingerprint density at radius 1 is 1.08 bits per heavy atom. The second-order valence-electron chi connectivity index (χ2n) is 8.55. The summed E-state index contributed by atoms with van der Waals surface area (Å²) in [5.41, 5.74) is 2.50. The van der Waals surface area contributed by atoms with E-state index in [1.54, 1.807) is 57.4 Å². The minimum absolute atomic E-state index is 0.0670. The van der Waals surface area contributed by atoms with Gasteiger partial charge in [0.15, 0.2) is 16.7 Å². The second-order valence-corrected chi connectivity index (χ2v) is 11.4. The van der Waals surface area contributed by atoms with Gasteiger partial charge in [0, 0.05) is 24.8 Å². The first-order valence-corrected chi connectivity index (χ1v) is 14.8. The number of hydrogen-bond donors (Lipinski definition) is 1. The fraction of sp³-hybridized carbons (Fsp3) is 0.259. The van der Waals surface area contributed by atoms with Gasteiger partial charge < -0.3 is 19.5 Å². The van der Waals surface area contributed by atoms with Gasteiger partial charge in [0.2, 0.25) is 22.7 Å². The second kappa shape index (κ2) is 11.2. The van der Waals surface area contributed by atoms with Gasteiger partial charge in [0.05, 0.1) is 34.5 Å². The van der Waals surface area contributed by atoms with Crippen LogP contribution >= 0.6 is 11.8 Å². The summed E-state index contributed by atoms with van der Waals surface area (Å²) in [6.45, 7) is 4.50. The number of methoxy groups -OCH3 is 1. The minimum atomic E-state index is -3.67. The smallest absolute Gasteiger partial charge is 0.243 e. The summed E-state index contributed by atoms with van der Waals surface area (Å²) in [5.74, 6) is 1.66. The number of thioether (sulfide) groups is 1. The highest BCUT2D eigenvalue weighted by molar-refractivity contribution is 7.99. The first kappa shape index (κ1) is 26.9. The molecule has 0 spiro atoms. The fourth-order valence-electron chi connectivity index (χ4n) is 4.36. The highest BCUT2D eigenvalue weighted by Crippen LogP contribution is 2.35. The summed E-state index contributed by atoms with van der Waals surface area (Å²) in [4.78, 5) is 17.8. The fourth-order valence-corrected chi connectivity index (χ4v) is 6.66. The minimum Gasteiger partial charge on any atom is -0.495 e. The van der Waals surface area contributed by atoms with Gasteiger partial charge in [-0.3, -0.25) is 9.36 Å². The van der Waals surface area contributed by atoms with Crippen LogP contribution in [0.25, 0.3) is 16.7 Å². The molecule has 0 bridgehead atoms. The number of aromatic nitrogens is 2. The zero-order chi connectivity index (χ0) is 27.6. The van der Waals surface area contributed by atoms with E-state index >= 15 is 0 Å². The van der Waals surface area contributed by atoms with Crippen molar-refractivity contribution < 1.29 is 27.4 Å². The number of carbonyl (C=O) groups excluding carboxylic acids is 1. The molecule has 1 amide bonds. The predicted molar refractivity (Wildman–Crippen MR) is 150 cm³/mol. The van der Waals surface area contributed by atoms with E-state index < -0.39 is 10.0 Å². The standard InChI is InChI=1S/C27H28N4O6S2/c1-4-30(5-2)39(33,34)19-11-12-21-20(15-19)29-27(31(21)22-8-6-7-9-23(22)35-3)38-16-26(32)28-18-10-13-24-25(14-18)37-17-36-24/h6-15H,4-5,16-17H2,1-3H3,(H,28,32). The number of rotatable bonds is 10. The van der Waals surface area contributed by atoms with Crippen molar-refractivity contribution in [2.75, 3.05) is 38.1 Å². The quantitative estimate of drug-likeness (QED) is 0.278. The zero-order valence-electron chi connectivity index (χ0n) is 21.7. The average molecular weight is 569 g/mol. The number of imidazole rings is 1. The van der Waals surface area contributed by atoms with Gasteiger partial charge in [-0.25, -0.2) is 13.4 Å². The molecule has 4 aromatic rings. The van der Waals surface area contributed by atoms with E-state index in [1.165, 1.54) is 16.1 Å². The third kappa shape index (κ3) is 5.27. The Morgan fingerprint density at radius 3 is 2.62 bits per heavy atom. The van der Waals surface area contributed by atoms with Crippen LogP contribution in [0.2, 0.25) is 0 Å². The number of benzene rings is 3. The Hall–Kier alpha value is -3.74. The molecule has 12 heteroatoms. The van der Waals surface area contributed by atoms with Crippen LogP contribution in [0.3, 0.4) is 0 Å². The lowest BCUT2D eigenvalue weighted by atomic mass is 10.2. The number of amides is 1. The van der Waals surface area contributed by atoms with Gasteiger partial charge in [-0.05, 0) is 42.5 Å². The molecule has 1 aliphatic heterocycles. The maximum atomic E-state index is 13.2. The normalized spacial score (nSPS) is 12.7. The number of carbonyl (C=O) groups is 1. The number of ether oxygens (including phenoxy) is 3. The molecule has 3 aromatic carbocycles. The molecule has 5 rings (SSSR count). The zero-order valence-corrected chi connectivity index (χ0v) is 23.3. The van der Waals surface area contributed by atoms with Crippen molar-refractivity contribution in [2.45, 2.75) is 23.9 Å². The molecular formula is C27H28N4O6S2. The molecule has 0 saturated carbocycles. The Morgan fingerprint density at radius 2 is 1.85 bits per heavy atom. The van der Waals surface area contributed by atoms with Crippen LogP contribution in [0.5, 0.6) is 17.2 Å². The van der Waals surface area contributed by atoms with E-state index in [9.17, 15) is 13.2 Å². The average Bonchev–Trinajstić information content (AvgIpc) is 3.56. The molecule has 0 saturated heterocycles. The maximum Gasteiger partial charge on any atom is 0.243 e. The molecule has 10 nitrogen and oxygen atoms in total. The van der Waals surface area contributed by atoms with Crippen molar-refractivity contribution in [1.82, 2.24) is 13.9 Å². The van der Waals surface area contributed by atoms with Crippen LogP contribution in [-0.2, 0) is 14.8 Å². The number of fused-ring (bicyclic) bond motifs is 2. The number of nitrogens with zero attached hydrogens (tertiary/aromatic N) is 3. The largest absolute Gasteiger partial charge is 0.495 e. The topological polar surface area (TPSA) is 112 Å². The summed E-state index contributed by atoms with van der Waals surface area (Å²) in [5, 5.41) is 3.39. The third-order valence-electron chi connectivity index (χ3n) is 6.25. The lowest BCUT2D eigenvalue weighted by Gasteiger charge is -2.18. The monoisotopic (exact) mass is 568 g/mol. The molecule has 204 valence electrons. The van der Waals surface area contributed by atoms with Gasteiger partial charge in [0.1, 0.15) is 5.75 Å². The van der Waals surface area contributed by atoms with Gasteiger partial charge in [0.25, 0.3) is 0 Å². The number of hydrogen-bond acceptors (Lipinski definition) is 8. The number of anilines is 1. The Kier molecular flexibility index (Phi) is 7.69. The highest BCUT2D eigenvalue weighted by atomic mass is 32.2. The lowest BCUT2D eigenvalue weighted by Crippen LogP contribution is -2.30. The number of sulfonamides is 1. The van der Waals surface area contributed by atoms with Crippen molar-refractivity contribution >= 4 is 44.4 Å². The van der Waals surface area contributed by atoms with Crippen LogP contribution in [-0.4, -0.2) is 60.9 Å². The molecular weight excluding hydrogens is 540 g/mol. The number of para-hydroxylation sites is 2. The molecule has 0 radical (unpaired) electrons. The summed E-state index contributed by atoms with van der Waals surface area (Å²) in [7, 11) is -2.09. The van der Waals surface area contributed by atoms with E-state index in [-0.39, 0.29) is 23.3 Å². The molecule has 1 aliphatic rings. The number of nitrogens with one attached hydrogen (secondary N) is 1. The molecule has 0 atom stereocenters. The summed E-state index contributed by atoms with van der Waals surface area (Å²) < 4.78 is 45.9. The van der Waals surface area contributed by atoms with Crippen LogP contribution in [0, 0.1) is 0 Å². The van der Waals surface area contributed by atoms with E-state index in [0.29, 0.717) is 52.2 Å².